The molecule has 10 heteroatoms. The maximum atomic E-state index is 12.7. The van der Waals surface area contributed by atoms with Crippen LogP contribution in [0.5, 0.6) is 5.75 Å². The van der Waals surface area contributed by atoms with Gasteiger partial charge in [0.2, 0.25) is 0 Å². The summed E-state index contributed by atoms with van der Waals surface area (Å²) in [4.78, 5) is 12.6. The lowest BCUT2D eigenvalue weighted by molar-refractivity contribution is 0.0953. The SMILES string of the molecule is COc1ccccc1NS(=O)(=O)c1ccc(C(=O)NCCc2nnc3n2CCCCC3)cc1. The van der Waals surface area contributed by atoms with Crippen LogP contribution in [0.2, 0.25) is 0 Å². The number of carbonyl (C=O) groups is 1. The molecule has 0 fully saturated rings. The second kappa shape index (κ2) is 10.0. The van der Waals surface area contributed by atoms with Crippen LogP contribution in [0.15, 0.2) is 53.4 Å². The summed E-state index contributed by atoms with van der Waals surface area (Å²) in [5.41, 5.74) is 0.722. The summed E-state index contributed by atoms with van der Waals surface area (Å²) in [6.07, 6.45) is 4.98. The molecule has 0 atom stereocenters. The van der Waals surface area contributed by atoms with E-state index in [0.717, 1.165) is 37.5 Å². The second-order valence-electron chi connectivity index (χ2n) is 7.83. The van der Waals surface area contributed by atoms with Crippen molar-refractivity contribution in [3.63, 3.8) is 0 Å². The third kappa shape index (κ3) is 5.33. The van der Waals surface area contributed by atoms with Gasteiger partial charge < -0.3 is 14.6 Å². The minimum atomic E-state index is -3.83. The van der Waals surface area contributed by atoms with Crippen molar-refractivity contribution in [2.45, 2.75) is 43.5 Å². The number of hydrogen-bond donors (Lipinski definition) is 2. The van der Waals surface area contributed by atoms with Gasteiger partial charge in [-0.05, 0) is 49.2 Å². The van der Waals surface area contributed by atoms with Crippen molar-refractivity contribution in [1.29, 1.82) is 0 Å². The molecule has 0 bridgehead atoms. The first-order valence-corrected chi connectivity index (χ1v) is 12.4. The molecule has 9 nitrogen and oxygen atoms in total. The standard InChI is InChI=1S/C23H27N5O4S/c1-32-20-8-5-4-7-19(20)27-33(30,31)18-12-10-17(11-13-18)23(29)24-15-14-22-26-25-21-9-3-2-6-16-28(21)22/h4-5,7-8,10-13,27H,2-3,6,9,14-16H2,1H3,(H,24,29). The molecule has 0 radical (unpaired) electrons. The number of hydrogen-bond acceptors (Lipinski definition) is 6. The topological polar surface area (TPSA) is 115 Å². The van der Waals surface area contributed by atoms with Crippen molar-refractivity contribution in [3.8, 4) is 5.75 Å². The van der Waals surface area contributed by atoms with Crippen molar-refractivity contribution in [1.82, 2.24) is 20.1 Å². The Labute approximate surface area is 193 Å². The molecule has 1 aliphatic heterocycles. The van der Waals surface area contributed by atoms with E-state index in [4.69, 9.17) is 4.74 Å². The molecule has 1 amide bonds. The predicted molar refractivity (Wildman–Crippen MR) is 124 cm³/mol. The van der Waals surface area contributed by atoms with Crippen LogP contribution in [0.25, 0.3) is 0 Å². The number of nitrogens with zero attached hydrogens (tertiary/aromatic N) is 3. The number of aromatic nitrogens is 3. The third-order valence-electron chi connectivity index (χ3n) is 5.60. The van der Waals surface area contributed by atoms with E-state index in [2.05, 4.69) is 24.8 Å². The van der Waals surface area contributed by atoms with E-state index in [1.165, 1.54) is 37.8 Å². The van der Waals surface area contributed by atoms with Crippen LogP contribution in [0, 0.1) is 0 Å². The fourth-order valence-electron chi connectivity index (χ4n) is 3.84. The number of ether oxygens (including phenoxy) is 1. The quantitative estimate of drug-likeness (QED) is 0.524. The van der Waals surface area contributed by atoms with Crippen LogP contribution in [0.4, 0.5) is 5.69 Å². The molecule has 2 heterocycles. The van der Waals surface area contributed by atoms with Crippen LogP contribution in [0.3, 0.4) is 0 Å². The summed E-state index contributed by atoms with van der Waals surface area (Å²) >= 11 is 0. The van der Waals surface area contributed by atoms with Crippen LogP contribution < -0.4 is 14.8 Å². The van der Waals surface area contributed by atoms with Gasteiger partial charge in [0.15, 0.2) is 0 Å². The Morgan fingerprint density at radius 2 is 1.85 bits per heavy atom. The number of para-hydroxylation sites is 2. The molecule has 2 N–H and O–H groups in total. The zero-order chi connectivity index (χ0) is 23.3. The predicted octanol–water partition coefficient (Wildman–Crippen LogP) is 2.79. The number of amides is 1. The highest BCUT2D eigenvalue weighted by Gasteiger charge is 2.18. The van der Waals surface area contributed by atoms with Gasteiger partial charge in [-0.15, -0.1) is 10.2 Å². The lowest BCUT2D eigenvalue weighted by atomic mass is 10.2. The Bertz CT molecular complexity index is 1220. The minimum Gasteiger partial charge on any atom is -0.495 e. The van der Waals surface area contributed by atoms with Crippen LogP contribution in [0.1, 0.15) is 41.3 Å². The van der Waals surface area contributed by atoms with Gasteiger partial charge in [0.25, 0.3) is 15.9 Å². The van der Waals surface area contributed by atoms with Crippen molar-refractivity contribution in [2.24, 2.45) is 0 Å². The van der Waals surface area contributed by atoms with Gasteiger partial charge in [-0.25, -0.2) is 8.42 Å². The smallest absolute Gasteiger partial charge is 0.262 e. The largest absolute Gasteiger partial charge is 0.495 e. The van der Waals surface area contributed by atoms with E-state index in [1.807, 2.05) is 0 Å². The fraction of sp³-hybridized carbons (Fsp3) is 0.348. The zero-order valence-corrected chi connectivity index (χ0v) is 19.3. The van der Waals surface area contributed by atoms with Gasteiger partial charge in [0.05, 0.1) is 17.7 Å². The molecule has 0 aliphatic carbocycles. The minimum absolute atomic E-state index is 0.0520. The summed E-state index contributed by atoms with van der Waals surface area (Å²) < 4.78 is 35.3. The Morgan fingerprint density at radius 1 is 1.06 bits per heavy atom. The van der Waals surface area contributed by atoms with Crippen molar-refractivity contribution >= 4 is 21.6 Å². The summed E-state index contributed by atoms with van der Waals surface area (Å²) in [6.45, 7) is 1.34. The molecule has 0 saturated heterocycles. The van der Waals surface area contributed by atoms with Crippen LogP contribution in [-0.2, 0) is 29.4 Å². The van der Waals surface area contributed by atoms with Gasteiger partial charge in [-0.1, -0.05) is 18.6 Å². The summed E-state index contributed by atoms with van der Waals surface area (Å²) in [5.74, 6) is 2.05. The molecule has 2 aromatic carbocycles. The first kappa shape index (κ1) is 22.8. The molecule has 174 valence electrons. The molecule has 1 aliphatic rings. The van der Waals surface area contributed by atoms with Gasteiger partial charge in [0, 0.05) is 31.5 Å². The average molecular weight is 470 g/mol. The monoisotopic (exact) mass is 469 g/mol. The number of nitrogens with one attached hydrogen (secondary N) is 2. The lowest BCUT2D eigenvalue weighted by Crippen LogP contribution is -2.26. The number of sulfonamides is 1. The molecular formula is C23H27N5O4S. The lowest BCUT2D eigenvalue weighted by Gasteiger charge is -2.12. The number of rotatable bonds is 8. The average Bonchev–Trinajstić information content (AvgIpc) is 3.05. The van der Waals surface area contributed by atoms with Crippen molar-refractivity contribution in [2.75, 3.05) is 18.4 Å². The Balaban J connectivity index is 1.36. The van der Waals surface area contributed by atoms with Gasteiger partial charge in [-0.3, -0.25) is 9.52 Å². The maximum absolute atomic E-state index is 12.7. The summed E-state index contributed by atoms with van der Waals surface area (Å²) in [7, 11) is -2.35. The normalized spacial score (nSPS) is 13.6. The maximum Gasteiger partial charge on any atom is 0.262 e. The highest BCUT2D eigenvalue weighted by atomic mass is 32.2. The number of methoxy groups -OCH3 is 1. The zero-order valence-electron chi connectivity index (χ0n) is 18.5. The van der Waals surface area contributed by atoms with Crippen molar-refractivity contribution in [3.05, 3.63) is 65.7 Å². The third-order valence-corrected chi connectivity index (χ3v) is 6.98. The van der Waals surface area contributed by atoms with Crippen LogP contribution >= 0.6 is 0 Å². The molecule has 0 spiro atoms. The Kier molecular flexibility index (Phi) is 6.93. The number of benzene rings is 2. The van der Waals surface area contributed by atoms with E-state index in [-0.39, 0.29) is 10.8 Å². The number of fused-ring (bicyclic) bond motifs is 1. The molecular weight excluding hydrogens is 442 g/mol. The van der Waals surface area contributed by atoms with Crippen LogP contribution in [-0.4, -0.2) is 42.7 Å². The van der Waals surface area contributed by atoms with Gasteiger partial charge in [0.1, 0.15) is 17.4 Å². The number of aryl methyl sites for hydroxylation is 1. The molecule has 3 aromatic rings. The van der Waals surface area contributed by atoms with E-state index in [0.29, 0.717) is 30.0 Å². The first-order valence-electron chi connectivity index (χ1n) is 10.9. The van der Waals surface area contributed by atoms with E-state index >= 15 is 0 Å². The molecule has 4 rings (SSSR count). The first-order chi connectivity index (χ1) is 16.0. The highest BCUT2D eigenvalue weighted by Crippen LogP contribution is 2.26. The van der Waals surface area contributed by atoms with Gasteiger partial charge >= 0.3 is 0 Å². The highest BCUT2D eigenvalue weighted by molar-refractivity contribution is 7.92. The van der Waals surface area contributed by atoms with Crippen molar-refractivity contribution < 1.29 is 17.9 Å². The van der Waals surface area contributed by atoms with E-state index < -0.39 is 10.0 Å². The summed E-state index contributed by atoms with van der Waals surface area (Å²) in [5, 5.41) is 11.4. The Hall–Kier alpha value is -3.40. The Morgan fingerprint density at radius 3 is 2.64 bits per heavy atom. The van der Waals surface area contributed by atoms with Gasteiger partial charge in [-0.2, -0.15) is 0 Å². The molecule has 1 aromatic heterocycles. The molecule has 0 unspecified atom stereocenters. The van der Waals surface area contributed by atoms with E-state index in [9.17, 15) is 13.2 Å². The van der Waals surface area contributed by atoms with E-state index in [1.54, 1.807) is 24.3 Å². The number of anilines is 1. The second-order valence-corrected chi connectivity index (χ2v) is 9.51. The number of carbonyl (C=O) groups excluding carboxylic acids is 1. The summed E-state index contributed by atoms with van der Waals surface area (Å²) in [6, 6.07) is 12.6. The fourth-order valence-corrected chi connectivity index (χ4v) is 4.91. The molecule has 0 saturated carbocycles. The molecule has 33 heavy (non-hydrogen) atoms.